The minimum absolute atomic E-state index is 0.0181. The molecule has 1 aliphatic rings. The zero-order chi connectivity index (χ0) is 18.6. The van der Waals surface area contributed by atoms with Crippen molar-refractivity contribution in [3.63, 3.8) is 0 Å². The molecule has 1 fully saturated rings. The van der Waals surface area contributed by atoms with Crippen molar-refractivity contribution < 1.29 is 19.2 Å². The number of carbonyl (C=O) groups excluding carboxylic acids is 1. The Hall–Kier alpha value is -2.82. The number of hydrogen-bond acceptors (Lipinski definition) is 6. The lowest BCUT2D eigenvalue weighted by Crippen LogP contribution is -2.35. The van der Waals surface area contributed by atoms with Crippen molar-refractivity contribution in [2.24, 2.45) is 5.92 Å². The van der Waals surface area contributed by atoms with Crippen molar-refractivity contribution in [2.75, 3.05) is 20.2 Å². The molecule has 0 saturated carbocycles. The SMILES string of the molecule is COc1ccc(C#C[C@@H]2CCN(C(=O)OC(C)(C)C)C2)nc1[N+](=O)[O-]. The van der Waals surface area contributed by atoms with Gasteiger partial charge in [-0.1, -0.05) is 5.92 Å². The summed E-state index contributed by atoms with van der Waals surface area (Å²) in [5.41, 5.74) is -0.240. The Bertz CT molecular complexity index is 730. The molecule has 0 N–H and O–H groups in total. The van der Waals surface area contributed by atoms with Crippen LogP contribution in [0, 0.1) is 27.9 Å². The molecule has 134 valence electrons. The molecule has 1 saturated heterocycles. The number of likely N-dealkylation sites (tertiary alicyclic amines) is 1. The lowest BCUT2D eigenvalue weighted by Gasteiger charge is -2.24. The fourth-order valence-electron chi connectivity index (χ4n) is 2.34. The maximum absolute atomic E-state index is 12.0. The normalized spacial score (nSPS) is 16.8. The van der Waals surface area contributed by atoms with Crippen LogP contribution in [-0.2, 0) is 4.74 Å². The third-order valence-corrected chi connectivity index (χ3v) is 3.48. The second kappa shape index (κ2) is 7.38. The van der Waals surface area contributed by atoms with Crippen LogP contribution in [0.15, 0.2) is 12.1 Å². The van der Waals surface area contributed by atoms with Crippen LogP contribution in [-0.4, -0.2) is 46.7 Å². The average Bonchev–Trinajstić information content (AvgIpc) is 3.00. The predicted molar refractivity (Wildman–Crippen MR) is 90.2 cm³/mol. The average molecular weight is 347 g/mol. The number of nitro groups is 1. The van der Waals surface area contributed by atoms with Crippen LogP contribution in [0.5, 0.6) is 5.75 Å². The number of pyridine rings is 1. The molecule has 0 unspecified atom stereocenters. The van der Waals surface area contributed by atoms with Crippen LogP contribution in [0.2, 0.25) is 0 Å². The number of ether oxygens (including phenoxy) is 2. The van der Waals surface area contributed by atoms with Gasteiger partial charge in [0.05, 0.1) is 7.11 Å². The van der Waals surface area contributed by atoms with E-state index in [1.807, 2.05) is 20.8 Å². The van der Waals surface area contributed by atoms with Gasteiger partial charge < -0.3 is 24.5 Å². The van der Waals surface area contributed by atoms with Gasteiger partial charge in [0.1, 0.15) is 5.60 Å². The Morgan fingerprint density at radius 1 is 1.44 bits per heavy atom. The molecule has 1 aromatic heterocycles. The van der Waals surface area contributed by atoms with Gasteiger partial charge in [0.25, 0.3) is 0 Å². The molecular weight excluding hydrogens is 326 g/mol. The van der Waals surface area contributed by atoms with Crippen LogP contribution in [0.1, 0.15) is 32.9 Å². The third kappa shape index (κ3) is 5.08. The monoisotopic (exact) mass is 347 g/mol. The molecule has 0 aromatic carbocycles. The number of aromatic nitrogens is 1. The molecule has 1 atom stereocenters. The van der Waals surface area contributed by atoms with Crippen molar-refractivity contribution in [3.8, 4) is 17.6 Å². The number of nitrogens with zero attached hydrogens (tertiary/aromatic N) is 3. The first-order valence-electron chi connectivity index (χ1n) is 7.88. The van der Waals surface area contributed by atoms with Gasteiger partial charge in [0, 0.05) is 25.1 Å². The Balaban J connectivity index is 2.04. The number of methoxy groups -OCH3 is 1. The molecule has 1 aromatic rings. The van der Waals surface area contributed by atoms with Gasteiger partial charge in [-0.05, 0) is 49.1 Å². The summed E-state index contributed by atoms with van der Waals surface area (Å²) in [4.78, 5) is 27.9. The van der Waals surface area contributed by atoms with Crippen LogP contribution >= 0.6 is 0 Å². The van der Waals surface area contributed by atoms with Gasteiger partial charge in [-0.25, -0.2) is 4.79 Å². The van der Waals surface area contributed by atoms with Crippen molar-refractivity contribution in [1.29, 1.82) is 0 Å². The van der Waals surface area contributed by atoms with Gasteiger partial charge in [-0.2, -0.15) is 0 Å². The lowest BCUT2D eigenvalue weighted by atomic mass is 10.1. The summed E-state index contributed by atoms with van der Waals surface area (Å²) in [6.45, 7) is 6.51. The topological polar surface area (TPSA) is 94.8 Å². The van der Waals surface area contributed by atoms with E-state index in [1.165, 1.54) is 13.2 Å². The first kappa shape index (κ1) is 18.5. The molecule has 25 heavy (non-hydrogen) atoms. The van der Waals surface area contributed by atoms with Crippen molar-refractivity contribution in [1.82, 2.24) is 9.88 Å². The van der Waals surface area contributed by atoms with E-state index >= 15 is 0 Å². The fraction of sp³-hybridized carbons (Fsp3) is 0.529. The van der Waals surface area contributed by atoms with E-state index in [4.69, 9.17) is 9.47 Å². The molecule has 1 amide bonds. The van der Waals surface area contributed by atoms with Crippen LogP contribution in [0.25, 0.3) is 0 Å². The summed E-state index contributed by atoms with van der Waals surface area (Å²) >= 11 is 0. The van der Waals surface area contributed by atoms with Gasteiger partial charge in [-0.15, -0.1) is 0 Å². The summed E-state index contributed by atoms with van der Waals surface area (Å²) < 4.78 is 10.2. The second-order valence-corrected chi connectivity index (χ2v) is 6.66. The zero-order valence-corrected chi connectivity index (χ0v) is 14.7. The number of rotatable bonds is 2. The molecule has 0 radical (unpaired) electrons. The molecule has 0 bridgehead atoms. The third-order valence-electron chi connectivity index (χ3n) is 3.48. The highest BCUT2D eigenvalue weighted by molar-refractivity contribution is 5.68. The van der Waals surface area contributed by atoms with E-state index < -0.39 is 10.5 Å². The minimum atomic E-state index is -0.607. The highest BCUT2D eigenvalue weighted by Crippen LogP contribution is 2.24. The highest BCUT2D eigenvalue weighted by Gasteiger charge is 2.29. The molecular formula is C17H21N3O5. The molecule has 2 rings (SSSR count). The largest absolute Gasteiger partial charge is 0.489 e. The smallest absolute Gasteiger partial charge is 0.410 e. The summed E-state index contributed by atoms with van der Waals surface area (Å²) in [6, 6.07) is 3.04. The van der Waals surface area contributed by atoms with E-state index in [2.05, 4.69) is 16.8 Å². The Morgan fingerprint density at radius 3 is 2.76 bits per heavy atom. The van der Waals surface area contributed by atoms with Gasteiger partial charge in [0.2, 0.25) is 11.4 Å². The fourth-order valence-corrected chi connectivity index (χ4v) is 2.34. The molecule has 2 heterocycles. The Kier molecular flexibility index (Phi) is 5.47. The van der Waals surface area contributed by atoms with Gasteiger partial charge in [-0.3, -0.25) is 0 Å². The van der Waals surface area contributed by atoms with Crippen molar-refractivity contribution >= 4 is 11.9 Å². The highest BCUT2D eigenvalue weighted by atomic mass is 16.6. The van der Waals surface area contributed by atoms with E-state index in [9.17, 15) is 14.9 Å². The maximum atomic E-state index is 12.0. The van der Waals surface area contributed by atoms with E-state index in [1.54, 1.807) is 11.0 Å². The summed E-state index contributed by atoms with van der Waals surface area (Å²) in [7, 11) is 1.35. The Labute approximate surface area is 146 Å². The second-order valence-electron chi connectivity index (χ2n) is 6.66. The zero-order valence-electron chi connectivity index (χ0n) is 14.7. The van der Waals surface area contributed by atoms with Crippen molar-refractivity contribution in [2.45, 2.75) is 32.8 Å². The van der Waals surface area contributed by atoms with Crippen LogP contribution in [0.4, 0.5) is 10.6 Å². The molecule has 1 aliphatic heterocycles. The first-order chi connectivity index (χ1) is 11.7. The first-order valence-corrected chi connectivity index (χ1v) is 7.88. The predicted octanol–water partition coefficient (Wildman–Crippen LogP) is 2.61. The summed E-state index contributed by atoms with van der Waals surface area (Å²) in [5.74, 6) is 5.57. The number of carbonyl (C=O) groups is 1. The van der Waals surface area contributed by atoms with E-state index in [0.29, 0.717) is 18.8 Å². The summed E-state index contributed by atoms with van der Waals surface area (Å²) in [6.07, 6.45) is 0.375. The maximum Gasteiger partial charge on any atom is 0.410 e. The quantitative estimate of drug-likeness (QED) is 0.464. The van der Waals surface area contributed by atoms with Crippen molar-refractivity contribution in [3.05, 3.63) is 27.9 Å². The molecule has 0 aliphatic carbocycles. The molecule has 8 heteroatoms. The van der Waals surface area contributed by atoms with E-state index in [0.717, 1.165) is 6.42 Å². The van der Waals surface area contributed by atoms with Gasteiger partial charge in [0.15, 0.2) is 0 Å². The minimum Gasteiger partial charge on any atom is -0.489 e. The summed E-state index contributed by atoms with van der Waals surface area (Å²) in [5, 5.41) is 11.0. The standard InChI is InChI=1S/C17H21N3O5/c1-17(2,3)25-16(21)19-10-9-12(11-19)5-6-13-7-8-14(24-4)15(18-13)20(22)23/h7-8,12H,9-11H2,1-4H3/t12-/m1/s1. The van der Waals surface area contributed by atoms with Gasteiger partial charge >= 0.3 is 11.9 Å². The number of hydrogen-bond donors (Lipinski definition) is 0. The number of amides is 1. The molecule has 8 nitrogen and oxygen atoms in total. The molecule has 0 spiro atoms. The van der Waals surface area contributed by atoms with Crippen LogP contribution in [0.3, 0.4) is 0 Å². The van der Waals surface area contributed by atoms with E-state index in [-0.39, 0.29) is 23.6 Å². The Morgan fingerprint density at radius 2 is 2.16 bits per heavy atom. The lowest BCUT2D eigenvalue weighted by molar-refractivity contribution is -0.390. The van der Waals surface area contributed by atoms with Crippen LogP contribution < -0.4 is 4.74 Å².